The normalized spacial score (nSPS) is 36.9. The van der Waals surface area contributed by atoms with Crippen molar-refractivity contribution >= 4 is 11.9 Å². The molecule has 0 aromatic rings. The van der Waals surface area contributed by atoms with Gasteiger partial charge in [0.05, 0.1) is 18.8 Å². The van der Waals surface area contributed by atoms with Gasteiger partial charge in [-0.2, -0.15) is 0 Å². The molecule has 1 aliphatic heterocycles. The number of amides is 1. The van der Waals surface area contributed by atoms with Crippen LogP contribution < -0.4 is 5.32 Å². The highest BCUT2D eigenvalue weighted by molar-refractivity contribution is 5.73. The molecule has 2 rings (SSSR count). The minimum Gasteiger partial charge on any atom is -0.465 e. The lowest BCUT2D eigenvalue weighted by Crippen LogP contribution is -2.36. The number of fused-ring (bicyclic) bond motifs is 1. The lowest BCUT2D eigenvalue weighted by Gasteiger charge is -2.15. The molecule has 4 atom stereocenters. The SMILES string of the molecule is CC(=O)N[C@@H]1C[C@H](COC(C)=O)[C@@H]2O[C@@H]21. The zero-order chi connectivity index (χ0) is 11.0. The summed E-state index contributed by atoms with van der Waals surface area (Å²) >= 11 is 0. The number of rotatable bonds is 3. The van der Waals surface area contributed by atoms with Crippen LogP contribution in [-0.2, 0) is 19.1 Å². The Balaban J connectivity index is 1.81. The third-order valence-corrected chi connectivity index (χ3v) is 2.87. The van der Waals surface area contributed by atoms with E-state index in [-0.39, 0.29) is 36.0 Å². The maximum Gasteiger partial charge on any atom is 0.302 e. The second-order valence-corrected chi connectivity index (χ2v) is 4.17. The quantitative estimate of drug-likeness (QED) is 0.522. The molecule has 1 aliphatic carbocycles. The average Bonchev–Trinajstić information content (AvgIpc) is 2.83. The molecule has 0 unspecified atom stereocenters. The lowest BCUT2D eigenvalue weighted by molar-refractivity contribution is -0.142. The monoisotopic (exact) mass is 213 g/mol. The summed E-state index contributed by atoms with van der Waals surface area (Å²) in [4.78, 5) is 21.5. The Hall–Kier alpha value is -1.10. The van der Waals surface area contributed by atoms with E-state index in [1.807, 2.05) is 0 Å². The van der Waals surface area contributed by atoms with Crippen LogP contribution in [0.4, 0.5) is 0 Å². The van der Waals surface area contributed by atoms with Crippen LogP contribution in [0.15, 0.2) is 0 Å². The van der Waals surface area contributed by atoms with Gasteiger partial charge in [0.15, 0.2) is 0 Å². The van der Waals surface area contributed by atoms with Crippen molar-refractivity contribution in [2.24, 2.45) is 5.92 Å². The molecule has 84 valence electrons. The van der Waals surface area contributed by atoms with E-state index < -0.39 is 0 Å². The molecule has 15 heavy (non-hydrogen) atoms. The van der Waals surface area contributed by atoms with Gasteiger partial charge in [0, 0.05) is 19.8 Å². The summed E-state index contributed by atoms with van der Waals surface area (Å²) in [5.74, 6) is -0.0756. The van der Waals surface area contributed by atoms with Gasteiger partial charge >= 0.3 is 5.97 Å². The van der Waals surface area contributed by atoms with Crippen LogP contribution in [-0.4, -0.2) is 36.7 Å². The van der Waals surface area contributed by atoms with Crippen molar-refractivity contribution in [2.45, 2.75) is 38.5 Å². The lowest BCUT2D eigenvalue weighted by atomic mass is 10.1. The summed E-state index contributed by atoms with van der Waals surface area (Å²) in [5.41, 5.74) is 0. The van der Waals surface area contributed by atoms with Crippen LogP contribution in [0.3, 0.4) is 0 Å². The van der Waals surface area contributed by atoms with Crippen LogP contribution in [0.5, 0.6) is 0 Å². The fraction of sp³-hybridized carbons (Fsp3) is 0.800. The fourth-order valence-electron chi connectivity index (χ4n) is 2.22. The third kappa shape index (κ3) is 2.28. The Labute approximate surface area is 88.1 Å². The van der Waals surface area contributed by atoms with Crippen molar-refractivity contribution in [1.29, 1.82) is 0 Å². The van der Waals surface area contributed by atoms with Gasteiger partial charge in [-0.1, -0.05) is 0 Å². The highest BCUT2D eigenvalue weighted by Gasteiger charge is 2.56. The van der Waals surface area contributed by atoms with Gasteiger partial charge in [0.25, 0.3) is 0 Å². The van der Waals surface area contributed by atoms with E-state index in [0.29, 0.717) is 6.61 Å². The van der Waals surface area contributed by atoms with Gasteiger partial charge < -0.3 is 14.8 Å². The summed E-state index contributed by atoms with van der Waals surface area (Å²) in [7, 11) is 0. The molecule has 0 spiro atoms. The molecule has 5 nitrogen and oxygen atoms in total. The smallest absolute Gasteiger partial charge is 0.302 e. The van der Waals surface area contributed by atoms with Crippen molar-refractivity contribution in [3.63, 3.8) is 0 Å². The first-order chi connectivity index (χ1) is 7.08. The van der Waals surface area contributed by atoms with Crippen molar-refractivity contribution in [3.8, 4) is 0 Å². The maximum absolute atomic E-state index is 10.9. The van der Waals surface area contributed by atoms with Crippen molar-refractivity contribution < 1.29 is 19.1 Å². The van der Waals surface area contributed by atoms with E-state index in [2.05, 4.69) is 5.32 Å². The molecule has 1 N–H and O–H groups in total. The molecule has 1 saturated carbocycles. The summed E-state index contributed by atoms with van der Waals surface area (Å²) < 4.78 is 10.3. The molecule has 1 amide bonds. The number of nitrogens with one attached hydrogen (secondary N) is 1. The zero-order valence-electron chi connectivity index (χ0n) is 8.86. The predicted molar refractivity (Wildman–Crippen MR) is 51.0 cm³/mol. The van der Waals surface area contributed by atoms with Gasteiger partial charge in [-0.05, 0) is 6.42 Å². The van der Waals surface area contributed by atoms with Crippen molar-refractivity contribution in [3.05, 3.63) is 0 Å². The Morgan fingerprint density at radius 1 is 1.40 bits per heavy atom. The Bertz CT molecular complexity index is 291. The zero-order valence-corrected chi connectivity index (χ0v) is 8.86. The third-order valence-electron chi connectivity index (χ3n) is 2.87. The molecule has 1 saturated heterocycles. The minimum atomic E-state index is -0.268. The molecule has 0 aromatic heterocycles. The van der Waals surface area contributed by atoms with Gasteiger partial charge in [-0.3, -0.25) is 9.59 Å². The molecule has 1 heterocycles. The van der Waals surface area contributed by atoms with E-state index >= 15 is 0 Å². The van der Waals surface area contributed by atoms with E-state index in [9.17, 15) is 9.59 Å². The second-order valence-electron chi connectivity index (χ2n) is 4.17. The number of hydrogen-bond acceptors (Lipinski definition) is 4. The Morgan fingerprint density at radius 2 is 2.13 bits per heavy atom. The molecular weight excluding hydrogens is 198 g/mol. The molecule has 2 fully saturated rings. The number of carbonyl (C=O) groups excluding carboxylic acids is 2. The molecular formula is C10H15NO4. The summed E-state index contributed by atoms with van der Waals surface area (Å²) in [6.07, 6.45) is 1.14. The molecule has 5 heteroatoms. The van der Waals surface area contributed by atoms with Gasteiger partial charge in [0.1, 0.15) is 6.10 Å². The number of carbonyl (C=O) groups is 2. The van der Waals surface area contributed by atoms with Crippen LogP contribution in [0.1, 0.15) is 20.3 Å². The first-order valence-corrected chi connectivity index (χ1v) is 5.14. The summed E-state index contributed by atoms with van der Waals surface area (Å²) in [5, 5.41) is 2.85. The van der Waals surface area contributed by atoms with Crippen molar-refractivity contribution in [2.75, 3.05) is 6.61 Å². The summed E-state index contributed by atoms with van der Waals surface area (Å²) in [6.45, 7) is 3.29. The van der Waals surface area contributed by atoms with Crippen LogP contribution >= 0.6 is 0 Å². The van der Waals surface area contributed by atoms with Crippen LogP contribution in [0.25, 0.3) is 0 Å². The van der Waals surface area contributed by atoms with E-state index in [4.69, 9.17) is 9.47 Å². The van der Waals surface area contributed by atoms with Gasteiger partial charge in [-0.15, -0.1) is 0 Å². The molecule has 0 bridgehead atoms. The molecule has 0 aromatic carbocycles. The van der Waals surface area contributed by atoms with Crippen LogP contribution in [0.2, 0.25) is 0 Å². The Morgan fingerprint density at radius 3 is 2.73 bits per heavy atom. The number of esters is 1. The maximum atomic E-state index is 10.9. The van der Waals surface area contributed by atoms with E-state index in [0.717, 1.165) is 6.42 Å². The largest absolute Gasteiger partial charge is 0.465 e. The highest BCUT2D eigenvalue weighted by Crippen LogP contribution is 2.43. The minimum absolute atomic E-state index is 0.0395. The molecule has 0 radical (unpaired) electrons. The van der Waals surface area contributed by atoms with Crippen LogP contribution in [0, 0.1) is 5.92 Å². The topological polar surface area (TPSA) is 67.9 Å². The highest BCUT2D eigenvalue weighted by atomic mass is 16.6. The first kappa shape index (κ1) is 10.4. The van der Waals surface area contributed by atoms with E-state index in [1.165, 1.54) is 13.8 Å². The van der Waals surface area contributed by atoms with Crippen molar-refractivity contribution in [1.82, 2.24) is 5.32 Å². The Kier molecular flexibility index (Phi) is 2.65. The average molecular weight is 213 g/mol. The fourth-order valence-corrected chi connectivity index (χ4v) is 2.22. The van der Waals surface area contributed by atoms with Gasteiger partial charge in [-0.25, -0.2) is 0 Å². The first-order valence-electron chi connectivity index (χ1n) is 5.14. The standard InChI is InChI=1S/C10H15NO4/c1-5(12)11-8-3-7(4-14-6(2)13)9-10(8)15-9/h7-10H,3-4H2,1-2H3,(H,11,12)/t7-,8-,9+,10-/m1/s1. The number of epoxide rings is 1. The van der Waals surface area contributed by atoms with Gasteiger partial charge in [0.2, 0.25) is 5.91 Å². The predicted octanol–water partition coefficient (Wildman–Crippen LogP) is -0.159. The number of hydrogen-bond donors (Lipinski definition) is 1. The second kappa shape index (κ2) is 3.81. The molecule has 2 aliphatic rings. The van der Waals surface area contributed by atoms with E-state index in [1.54, 1.807) is 0 Å². The summed E-state index contributed by atoms with van der Waals surface area (Å²) in [6, 6.07) is 0.0908. The number of ether oxygens (including phenoxy) is 2.